The number of hydrogen-bond acceptors (Lipinski definition) is 3. The Bertz CT molecular complexity index is 523. The first kappa shape index (κ1) is 17.5. The van der Waals surface area contributed by atoms with Gasteiger partial charge in [0.1, 0.15) is 5.75 Å². The van der Waals surface area contributed by atoms with E-state index in [1.807, 2.05) is 20.8 Å². The summed E-state index contributed by atoms with van der Waals surface area (Å²) >= 11 is 5.93. The molecular weight excluding hydrogens is 292 g/mol. The van der Waals surface area contributed by atoms with E-state index in [1.54, 1.807) is 18.2 Å². The molecule has 0 radical (unpaired) electrons. The highest BCUT2D eigenvalue weighted by molar-refractivity contribution is 6.31. The SMILES string of the molecule is CCOc1ccc(Cl)cc1C(=O)CCC(C)(C)CC(=O)O. The van der Waals surface area contributed by atoms with Crippen LogP contribution >= 0.6 is 11.6 Å². The summed E-state index contributed by atoms with van der Waals surface area (Å²) in [5.41, 5.74) is 0.0294. The number of ether oxygens (including phenoxy) is 1. The highest BCUT2D eigenvalue weighted by atomic mass is 35.5. The minimum absolute atomic E-state index is 0.0359. The van der Waals surface area contributed by atoms with Crippen LogP contribution in [0.25, 0.3) is 0 Å². The van der Waals surface area contributed by atoms with Crippen molar-refractivity contribution in [1.82, 2.24) is 0 Å². The fourth-order valence-corrected chi connectivity index (χ4v) is 2.26. The maximum Gasteiger partial charge on any atom is 0.303 e. The van der Waals surface area contributed by atoms with E-state index in [1.165, 1.54) is 0 Å². The molecule has 1 rings (SSSR count). The Balaban J connectivity index is 2.80. The van der Waals surface area contributed by atoms with E-state index in [9.17, 15) is 9.59 Å². The molecule has 0 amide bonds. The molecule has 116 valence electrons. The van der Waals surface area contributed by atoms with Crippen LogP contribution in [0.2, 0.25) is 5.02 Å². The molecule has 0 saturated heterocycles. The van der Waals surface area contributed by atoms with E-state index in [-0.39, 0.29) is 18.6 Å². The van der Waals surface area contributed by atoms with E-state index < -0.39 is 11.4 Å². The Morgan fingerprint density at radius 2 is 2.00 bits per heavy atom. The fourth-order valence-electron chi connectivity index (χ4n) is 2.09. The van der Waals surface area contributed by atoms with Crippen molar-refractivity contribution in [2.24, 2.45) is 5.41 Å². The van der Waals surface area contributed by atoms with Crippen molar-refractivity contribution in [3.05, 3.63) is 28.8 Å². The number of carbonyl (C=O) groups is 2. The van der Waals surface area contributed by atoms with Crippen LogP contribution in [0.1, 0.15) is 50.4 Å². The van der Waals surface area contributed by atoms with Crippen molar-refractivity contribution in [2.45, 2.75) is 40.0 Å². The lowest BCUT2D eigenvalue weighted by atomic mass is 9.83. The number of ketones is 1. The highest BCUT2D eigenvalue weighted by Gasteiger charge is 2.24. The zero-order valence-electron chi connectivity index (χ0n) is 12.6. The predicted octanol–water partition coefficient (Wildman–Crippen LogP) is 4.20. The average Bonchev–Trinajstić information content (AvgIpc) is 2.37. The molecule has 0 atom stereocenters. The van der Waals surface area contributed by atoms with Gasteiger partial charge < -0.3 is 9.84 Å². The highest BCUT2D eigenvalue weighted by Crippen LogP contribution is 2.30. The van der Waals surface area contributed by atoms with Crippen LogP contribution in [-0.2, 0) is 4.79 Å². The first-order valence-electron chi connectivity index (χ1n) is 6.92. The van der Waals surface area contributed by atoms with Crippen molar-refractivity contribution in [3.8, 4) is 5.75 Å². The van der Waals surface area contributed by atoms with Gasteiger partial charge in [0, 0.05) is 11.4 Å². The third-order valence-electron chi connectivity index (χ3n) is 3.20. The van der Waals surface area contributed by atoms with E-state index in [0.29, 0.717) is 29.4 Å². The fraction of sp³-hybridized carbons (Fsp3) is 0.500. The first-order valence-corrected chi connectivity index (χ1v) is 7.30. The lowest BCUT2D eigenvalue weighted by molar-refractivity contribution is -0.139. The number of hydrogen-bond donors (Lipinski definition) is 1. The van der Waals surface area contributed by atoms with Gasteiger partial charge in [0.2, 0.25) is 0 Å². The summed E-state index contributed by atoms with van der Waals surface area (Å²) in [7, 11) is 0. The molecule has 0 aliphatic heterocycles. The van der Waals surface area contributed by atoms with Gasteiger partial charge in [0.05, 0.1) is 18.6 Å². The van der Waals surface area contributed by atoms with E-state index in [0.717, 1.165) is 0 Å². The Kier molecular flexibility index (Phi) is 6.21. The normalized spacial score (nSPS) is 11.2. The summed E-state index contributed by atoms with van der Waals surface area (Å²) in [5, 5.41) is 9.34. The molecule has 0 spiro atoms. The van der Waals surface area contributed by atoms with Crippen molar-refractivity contribution in [2.75, 3.05) is 6.61 Å². The molecule has 0 aliphatic rings. The first-order chi connectivity index (χ1) is 9.75. The molecule has 1 N–H and O–H groups in total. The lowest BCUT2D eigenvalue weighted by Gasteiger charge is -2.22. The number of carboxylic acid groups (broad SMARTS) is 1. The average molecular weight is 313 g/mol. The summed E-state index contributed by atoms with van der Waals surface area (Å²) in [6, 6.07) is 4.96. The van der Waals surface area contributed by atoms with Crippen molar-refractivity contribution in [1.29, 1.82) is 0 Å². The van der Waals surface area contributed by atoms with Crippen LogP contribution in [-0.4, -0.2) is 23.5 Å². The third kappa shape index (κ3) is 5.76. The second-order valence-electron chi connectivity index (χ2n) is 5.73. The molecule has 5 heteroatoms. The topological polar surface area (TPSA) is 63.6 Å². The van der Waals surface area contributed by atoms with Crippen LogP contribution in [0.15, 0.2) is 18.2 Å². The zero-order valence-corrected chi connectivity index (χ0v) is 13.4. The summed E-state index contributed by atoms with van der Waals surface area (Å²) in [6.07, 6.45) is 0.797. The molecule has 0 fully saturated rings. The quantitative estimate of drug-likeness (QED) is 0.731. The number of Topliss-reactive ketones (excluding diaryl/α,β-unsaturated/α-hetero) is 1. The molecule has 4 nitrogen and oxygen atoms in total. The Hall–Kier alpha value is -1.55. The van der Waals surface area contributed by atoms with Gasteiger partial charge >= 0.3 is 5.97 Å². The number of rotatable bonds is 8. The molecular formula is C16H21ClO4. The Labute approximate surface area is 130 Å². The molecule has 0 heterocycles. The van der Waals surface area contributed by atoms with Crippen LogP contribution in [0.3, 0.4) is 0 Å². The second kappa shape index (κ2) is 7.46. The van der Waals surface area contributed by atoms with E-state index in [4.69, 9.17) is 21.4 Å². The van der Waals surface area contributed by atoms with Gasteiger partial charge in [-0.2, -0.15) is 0 Å². The van der Waals surface area contributed by atoms with Crippen LogP contribution in [0, 0.1) is 5.41 Å². The number of carbonyl (C=O) groups excluding carboxylic acids is 1. The summed E-state index contributed by atoms with van der Waals surface area (Å²) in [6.45, 7) is 6.00. The number of carboxylic acids is 1. The number of aliphatic carboxylic acids is 1. The molecule has 21 heavy (non-hydrogen) atoms. The largest absolute Gasteiger partial charge is 0.493 e. The smallest absolute Gasteiger partial charge is 0.303 e. The van der Waals surface area contributed by atoms with Gasteiger partial charge in [0.25, 0.3) is 0 Å². The maximum atomic E-state index is 12.3. The zero-order chi connectivity index (χ0) is 16.0. The van der Waals surface area contributed by atoms with Crippen LogP contribution in [0.5, 0.6) is 5.75 Å². The number of halogens is 1. The minimum atomic E-state index is -0.856. The predicted molar refractivity (Wildman–Crippen MR) is 82.2 cm³/mol. The van der Waals surface area contributed by atoms with Crippen LogP contribution < -0.4 is 4.74 Å². The van der Waals surface area contributed by atoms with Gasteiger partial charge in [-0.25, -0.2) is 0 Å². The molecule has 0 bridgehead atoms. The Morgan fingerprint density at radius 1 is 1.33 bits per heavy atom. The second-order valence-corrected chi connectivity index (χ2v) is 6.17. The van der Waals surface area contributed by atoms with Crippen molar-refractivity contribution < 1.29 is 19.4 Å². The van der Waals surface area contributed by atoms with Crippen molar-refractivity contribution >= 4 is 23.4 Å². The molecule has 1 aromatic rings. The van der Waals surface area contributed by atoms with Gasteiger partial charge in [-0.3, -0.25) is 9.59 Å². The van der Waals surface area contributed by atoms with Gasteiger partial charge in [-0.1, -0.05) is 25.4 Å². The third-order valence-corrected chi connectivity index (χ3v) is 3.44. The number of benzene rings is 1. The molecule has 1 aromatic carbocycles. The summed E-state index contributed by atoms with van der Waals surface area (Å²) in [4.78, 5) is 23.1. The van der Waals surface area contributed by atoms with E-state index in [2.05, 4.69) is 0 Å². The van der Waals surface area contributed by atoms with Gasteiger partial charge in [-0.15, -0.1) is 0 Å². The lowest BCUT2D eigenvalue weighted by Crippen LogP contribution is -2.18. The Morgan fingerprint density at radius 3 is 2.57 bits per heavy atom. The van der Waals surface area contributed by atoms with Crippen LogP contribution in [0.4, 0.5) is 0 Å². The van der Waals surface area contributed by atoms with E-state index >= 15 is 0 Å². The molecule has 0 aliphatic carbocycles. The molecule has 0 unspecified atom stereocenters. The standard InChI is InChI=1S/C16H21ClO4/c1-4-21-14-6-5-11(17)9-12(14)13(18)7-8-16(2,3)10-15(19)20/h5-6,9H,4,7-8,10H2,1-3H3,(H,19,20). The monoisotopic (exact) mass is 312 g/mol. The molecule has 0 aromatic heterocycles. The van der Waals surface area contributed by atoms with Gasteiger partial charge in [-0.05, 0) is 37.0 Å². The maximum absolute atomic E-state index is 12.3. The summed E-state index contributed by atoms with van der Waals surface area (Å²) in [5.74, 6) is -0.424. The summed E-state index contributed by atoms with van der Waals surface area (Å²) < 4.78 is 5.44. The van der Waals surface area contributed by atoms with Crippen molar-refractivity contribution in [3.63, 3.8) is 0 Å². The van der Waals surface area contributed by atoms with Gasteiger partial charge in [0.15, 0.2) is 5.78 Å². The minimum Gasteiger partial charge on any atom is -0.493 e. The molecule has 0 saturated carbocycles.